The number of aromatic nitrogens is 2. The molecule has 4 amide bonds. The number of nitrogens with one attached hydrogen (secondary N) is 3. The van der Waals surface area contributed by atoms with Crippen LogP contribution >= 0.6 is 0 Å². The van der Waals surface area contributed by atoms with Crippen molar-refractivity contribution in [1.82, 2.24) is 20.2 Å². The topological polar surface area (TPSA) is 286 Å². The second-order valence-corrected chi connectivity index (χ2v) is 9.88. The maximum atomic E-state index is 12.9. The molecule has 43 heavy (non-hydrogen) atoms. The van der Waals surface area contributed by atoms with Crippen LogP contribution in [-0.4, -0.2) is 106 Å². The van der Waals surface area contributed by atoms with Gasteiger partial charge in [-0.05, 0) is 25.3 Å². The van der Waals surface area contributed by atoms with Gasteiger partial charge < -0.3 is 56.0 Å². The van der Waals surface area contributed by atoms with Crippen LogP contribution in [0.1, 0.15) is 25.5 Å². The molecule has 1 aromatic heterocycles. The van der Waals surface area contributed by atoms with Crippen molar-refractivity contribution < 1.29 is 53.1 Å². The molecule has 0 saturated carbocycles. The predicted molar refractivity (Wildman–Crippen MR) is 138 cm³/mol. The number of amides is 4. The van der Waals surface area contributed by atoms with Crippen LogP contribution in [0.15, 0.2) is 33.7 Å². The molecule has 2 saturated heterocycles. The number of hydrogen-bond donors (Lipinski definition) is 7. The van der Waals surface area contributed by atoms with Gasteiger partial charge in [0.1, 0.15) is 30.5 Å². The Morgan fingerprint density at radius 3 is 2.56 bits per heavy atom. The third-order valence-corrected chi connectivity index (χ3v) is 6.99. The van der Waals surface area contributed by atoms with Gasteiger partial charge in [0, 0.05) is 25.9 Å². The van der Waals surface area contributed by atoms with Gasteiger partial charge in [-0.1, -0.05) is 0 Å². The van der Waals surface area contributed by atoms with Crippen LogP contribution in [0.4, 0.5) is 4.79 Å². The van der Waals surface area contributed by atoms with Crippen molar-refractivity contribution in [3.05, 3.63) is 44.9 Å². The third-order valence-electron chi connectivity index (χ3n) is 6.99. The summed E-state index contributed by atoms with van der Waals surface area (Å²) in [6, 6.07) is 0.0974. The van der Waals surface area contributed by atoms with Crippen LogP contribution in [0.2, 0.25) is 0 Å². The summed E-state index contributed by atoms with van der Waals surface area (Å²) in [5.74, 6) is -3.04. The van der Waals surface area contributed by atoms with Crippen LogP contribution in [0, 0.1) is 0 Å². The van der Waals surface area contributed by atoms with Gasteiger partial charge in [0.2, 0.25) is 18.1 Å². The van der Waals surface area contributed by atoms with Gasteiger partial charge in [0.25, 0.3) is 11.5 Å². The molecule has 1 unspecified atom stereocenters. The highest BCUT2D eigenvalue weighted by Gasteiger charge is 2.54. The number of ether oxygens (including phenoxy) is 5. The molecule has 9 N–H and O–H groups in total. The first kappa shape index (κ1) is 31.6. The van der Waals surface area contributed by atoms with Gasteiger partial charge in [-0.3, -0.25) is 28.7 Å². The Morgan fingerprint density at radius 2 is 1.91 bits per heavy atom. The van der Waals surface area contributed by atoms with E-state index in [1.54, 1.807) is 0 Å². The largest absolute Gasteiger partial charge is 0.456 e. The lowest BCUT2D eigenvalue weighted by Crippen LogP contribution is -2.54. The van der Waals surface area contributed by atoms with Crippen LogP contribution < -0.4 is 33.3 Å². The minimum absolute atomic E-state index is 0.352. The lowest BCUT2D eigenvalue weighted by molar-refractivity contribution is -0.241. The Labute approximate surface area is 242 Å². The van der Waals surface area contributed by atoms with E-state index < -0.39 is 96.0 Å². The molecule has 1 aromatic rings. The van der Waals surface area contributed by atoms with E-state index in [-0.39, 0.29) is 0 Å². The van der Waals surface area contributed by atoms with E-state index in [2.05, 4.69) is 10.6 Å². The van der Waals surface area contributed by atoms with E-state index in [4.69, 9.17) is 35.2 Å². The van der Waals surface area contributed by atoms with E-state index in [1.165, 1.54) is 0 Å². The zero-order valence-corrected chi connectivity index (χ0v) is 22.7. The summed E-state index contributed by atoms with van der Waals surface area (Å²) in [7, 11) is 1.15. The van der Waals surface area contributed by atoms with Gasteiger partial charge in [0.05, 0.1) is 0 Å². The second-order valence-electron chi connectivity index (χ2n) is 9.88. The number of methoxy groups -OCH3 is 1. The van der Waals surface area contributed by atoms with Crippen LogP contribution in [0.5, 0.6) is 0 Å². The highest BCUT2D eigenvalue weighted by molar-refractivity contribution is 5.95. The van der Waals surface area contributed by atoms with Crippen molar-refractivity contribution in [2.75, 3.05) is 13.7 Å². The average Bonchev–Trinajstić information content (AvgIpc) is 3.15. The Kier molecular flexibility index (Phi) is 9.81. The summed E-state index contributed by atoms with van der Waals surface area (Å²) in [4.78, 5) is 75.5. The summed E-state index contributed by atoms with van der Waals surface area (Å²) in [6.07, 6.45) is -10.9. The van der Waals surface area contributed by atoms with E-state index in [0.29, 0.717) is 19.4 Å². The zero-order chi connectivity index (χ0) is 31.4. The first-order chi connectivity index (χ1) is 20.4. The Hall–Kier alpha value is -4.30. The molecule has 19 heteroatoms. The summed E-state index contributed by atoms with van der Waals surface area (Å²) >= 11 is 0. The minimum Gasteiger partial charge on any atom is -0.456 e. The van der Waals surface area contributed by atoms with Gasteiger partial charge in [-0.25, -0.2) is 9.59 Å². The Bertz CT molecular complexity index is 1380. The molecule has 3 aliphatic rings. The quantitative estimate of drug-likeness (QED) is 0.139. The molecule has 19 nitrogen and oxygen atoms in total. The fraction of sp³-hybridized carbons (Fsp3) is 0.583. The van der Waals surface area contributed by atoms with Crippen molar-refractivity contribution in [2.45, 2.75) is 74.4 Å². The van der Waals surface area contributed by atoms with Gasteiger partial charge in [-0.2, -0.15) is 0 Å². The van der Waals surface area contributed by atoms with Crippen molar-refractivity contribution in [3.63, 3.8) is 0 Å². The van der Waals surface area contributed by atoms with Crippen LogP contribution in [0.25, 0.3) is 0 Å². The summed E-state index contributed by atoms with van der Waals surface area (Å²) in [6.45, 7) is 0.453. The van der Waals surface area contributed by atoms with E-state index >= 15 is 0 Å². The number of primary amides is 2. The lowest BCUT2D eigenvalue weighted by Gasteiger charge is -2.35. The van der Waals surface area contributed by atoms with Crippen LogP contribution in [0.3, 0.4) is 0 Å². The average molecular weight is 613 g/mol. The first-order valence-electron chi connectivity index (χ1n) is 13.1. The second kappa shape index (κ2) is 13.3. The Morgan fingerprint density at radius 1 is 1.16 bits per heavy atom. The monoisotopic (exact) mass is 612 g/mol. The van der Waals surface area contributed by atoms with E-state index in [1.807, 2.05) is 4.98 Å². The number of hydrogen-bond acceptors (Lipinski definition) is 13. The van der Waals surface area contributed by atoms with Gasteiger partial charge in [0.15, 0.2) is 24.2 Å². The van der Waals surface area contributed by atoms with E-state index in [0.717, 1.165) is 36.4 Å². The van der Waals surface area contributed by atoms with Gasteiger partial charge in [-0.15, -0.1) is 0 Å². The highest BCUT2D eigenvalue weighted by atomic mass is 16.7. The zero-order valence-electron chi connectivity index (χ0n) is 22.7. The third kappa shape index (κ3) is 7.03. The van der Waals surface area contributed by atoms with Crippen molar-refractivity contribution >= 4 is 23.8 Å². The number of carbonyl (C=O) groups excluding carboxylic acids is 4. The SMILES string of the molecule is CO[C@H]1[C@@H](OC(N)=O)[C@H](n2ccc(=O)[nH]c2=O)O[C@@H]1C(O[C@H]1OC(C(=O)N[C@H]2CCCCNC2=O)=C[C@H](O)[C@@H]1O)C(N)=O. The molecule has 0 aliphatic carbocycles. The summed E-state index contributed by atoms with van der Waals surface area (Å²) in [5.41, 5.74) is 9.06. The number of carbonyl (C=O) groups is 4. The number of nitrogens with zero attached hydrogens (tertiary/aromatic N) is 1. The smallest absolute Gasteiger partial charge is 0.405 e. The molecule has 3 aliphatic heterocycles. The van der Waals surface area contributed by atoms with Crippen molar-refractivity contribution in [1.29, 1.82) is 0 Å². The fourth-order valence-electron chi connectivity index (χ4n) is 4.93. The maximum Gasteiger partial charge on any atom is 0.405 e. The van der Waals surface area contributed by atoms with Crippen molar-refractivity contribution in [3.8, 4) is 0 Å². The predicted octanol–water partition coefficient (Wildman–Crippen LogP) is -4.47. The van der Waals surface area contributed by atoms with Gasteiger partial charge >= 0.3 is 11.8 Å². The molecule has 0 bridgehead atoms. The number of nitrogens with two attached hydrogens (primary N) is 2. The molecular formula is C24H32N6O13. The molecule has 4 heterocycles. The molecule has 4 rings (SSSR count). The highest BCUT2D eigenvalue weighted by Crippen LogP contribution is 2.36. The number of H-pyrrole nitrogens is 1. The molecule has 9 atom stereocenters. The molecular weight excluding hydrogens is 580 g/mol. The number of aromatic amines is 1. The first-order valence-corrected chi connectivity index (χ1v) is 13.1. The Balaban J connectivity index is 1.58. The lowest BCUT2D eigenvalue weighted by atomic mass is 10.0. The summed E-state index contributed by atoms with van der Waals surface area (Å²) in [5, 5.41) is 26.1. The fourth-order valence-corrected chi connectivity index (χ4v) is 4.93. The molecule has 2 fully saturated rings. The normalized spacial score (nSPS) is 31.5. The number of rotatable bonds is 9. The maximum absolute atomic E-state index is 12.9. The molecule has 0 aromatic carbocycles. The summed E-state index contributed by atoms with van der Waals surface area (Å²) < 4.78 is 28.2. The number of aliphatic hydroxyl groups is 2. The number of aliphatic hydroxyl groups excluding tert-OH is 2. The minimum atomic E-state index is -1.90. The molecule has 0 radical (unpaired) electrons. The van der Waals surface area contributed by atoms with Crippen molar-refractivity contribution in [2.24, 2.45) is 11.5 Å². The standard InChI is InChI=1S/C24H32N6O13/c1-39-14-15(41-21(17(14)43-23(26)37)30-7-5-12(32)29-24(30)38)16(18(25)34)42-22-13(33)10(31)8-11(40-22)20(36)28-9-4-2-3-6-27-19(9)35/h5,7-10,13-17,21-22,31,33H,2-4,6H2,1H3,(H2,25,34)(H2,26,37)(H,27,35)(H,28,36)(H,29,32,38)/t9-,10-,13-,14+,15-,16?,17+,21+,22+/m0/s1. The molecule has 236 valence electrons. The van der Waals surface area contributed by atoms with E-state index in [9.17, 15) is 39.0 Å². The van der Waals surface area contributed by atoms with Crippen LogP contribution in [-0.2, 0) is 38.1 Å². The molecule has 0 spiro atoms.